The number of nitrogens with one attached hydrogen (secondary N) is 1. The lowest BCUT2D eigenvalue weighted by Gasteiger charge is -2.26. The van der Waals surface area contributed by atoms with Crippen molar-refractivity contribution in [2.24, 2.45) is 0 Å². The van der Waals surface area contributed by atoms with Gasteiger partial charge >= 0.3 is 0 Å². The smallest absolute Gasteiger partial charge is 0.0423 e. The maximum Gasteiger partial charge on any atom is 0.0423 e. The number of hydrogen-bond donors (Lipinski definition) is 1. The molecule has 0 aliphatic carbocycles. The highest BCUT2D eigenvalue weighted by atomic mass is 15.2. The molecule has 1 saturated heterocycles. The van der Waals surface area contributed by atoms with E-state index in [1.54, 1.807) is 0 Å². The standard InChI is InChI=1S/C14H22N2/c1-3-4-12-5-7-13(8-6-12)16(2)14-9-10-15-11-14/h5-8,14-15H,3-4,9-11H2,1-2H3. The summed E-state index contributed by atoms with van der Waals surface area (Å²) in [5, 5.41) is 3.41. The molecule has 0 spiro atoms. The van der Waals surface area contributed by atoms with E-state index >= 15 is 0 Å². The van der Waals surface area contributed by atoms with E-state index in [-0.39, 0.29) is 0 Å². The van der Waals surface area contributed by atoms with Crippen molar-refractivity contribution in [3.63, 3.8) is 0 Å². The van der Waals surface area contributed by atoms with Crippen molar-refractivity contribution in [3.05, 3.63) is 29.8 Å². The molecular weight excluding hydrogens is 196 g/mol. The first-order chi connectivity index (χ1) is 7.81. The number of likely N-dealkylation sites (N-methyl/N-ethyl adjacent to an activating group) is 1. The lowest BCUT2D eigenvalue weighted by atomic mass is 10.1. The molecule has 1 fully saturated rings. The maximum absolute atomic E-state index is 3.41. The van der Waals surface area contributed by atoms with Gasteiger partial charge in [0.15, 0.2) is 0 Å². The summed E-state index contributed by atoms with van der Waals surface area (Å²) in [4.78, 5) is 2.40. The number of hydrogen-bond acceptors (Lipinski definition) is 2. The van der Waals surface area contributed by atoms with E-state index in [1.165, 1.54) is 30.5 Å². The summed E-state index contributed by atoms with van der Waals surface area (Å²) in [6.07, 6.45) is 3.67. The van der Waals surface area contributed by atoms with Gasteiger partial charge in [-0.05, 0) is 37.1 Å². The minimum absolute atomic E-state index is 0.664. The van der Waals surface area contributed by atoms with E-state index in [1.807, 2.05) is 0 Å². The summed E-state index contributed by atoms with van der Waals surface area (Å²) in [6, 6.07) is 9.69. The molecule has 2 rings (SSSR count). The molecule has 1 N–H and O–H groups in total. The molecule has 0 bridgehead atoms. The molecule has 1 aliphatic heterocycles. The molecule has 0 radical (unpaired) electrons. The first-order valence-corrected chi connectivity index (χ1v) is 6.33. The Hall–Kier alpha value is -1.02. The second-order valence-corrected chi connectivity index (χ2v) is 4.67. The third-order valence-corrected chi connectivity index (χ3v) is 3.46. The second kappa shape index (κ2) is 5.35. The highest BCUT2D eigenvalue weighted by Gasteiger charge is 2.19. The van der Waals surface area contributed by atoms with Gasteiger partial charge in [-0.2, -0.15) is 0 Å². The average Bonchev–Trinajstić information content (AvgIpc) is 2.83. The summed E-state index contributed by atoms with van der Waals surface area (Å²) in [5.41, 5.74) is 2.79. The van der Waals surface area contributed by atoms with Crippen molar-refractivity contribution in [1.29, 1.82) is 0 Å². The van der Waals surface area contributed by atoms with Gasteiger partial charge in [0.2, 0.25) is 0 Å². The number of nitrogens with zero attached hydrogens (tertiary/aromatic N) is 1. The summed E-state index contributed by atoms with van der Waals surface area (Å²) >= 11 is 0. The van der Waals surface area contributed by atoms with Crippen molar-refractivity contribution in [2.45, 2.75) is 32.2 Å². The minimum Gasteiger partial charge on any atom is -0.370 e. The van der Waals surface area contributed by atoms with Crippen LogP contribution in [0.3, 0.4) is 0 Å². The largest absolute Gasteiger partial charge is 0.370 e. The number of benzene rings is 1. The van der Waals surface area contributed by atoms with Gasteiger partial charge in [-0.15, -0.1) is 0 Å². The number of rotatable bonds is 4. The fourth-order valence-electron chi connectivity index (χ4n) is 2.37. The zero-order chi connectivity index (χ0) is 11.4. The normalized spacial score (nSPS) is 20.0. The minimum atomic E-state index is 0.664. The van der Waals surface area contributed by atoms with Crippen LogP contribution in [-0.2, 0) is 6.42 Å². The first-order valence-electron chi connectivity index (χ1n) is 6.33. The van der Waals surface area contributed by atoms with Gasteiger partial charge in [0.1, 0.15) is 0 Å². The summed E-state index contributed by atoms with van der Waals surface area (Å²) in [5.74, 6) is 0. The average molecular weight is 218 g/mol. The molecule has 1 aromatic rings. The molecular formula is C14H22N2. The van der Waals surface area contributed by atoms with Gasteiger partial charge in [-0.3, -0.25) is 0 Å². The van der Waals surface area contributed by atoms with Crippen LogP contribution in [0.15, 0.2) is 24.3 Å². The van der Waals surface area contributed by atoms with Gasteiger partial charge in [-0.1, -0.05) is 25.5 Å². The van der Waals surface area contributed by atoms with Crippen molar-refractivity contribution < 1.29 is 0 Å². The molecule has 0 saturated carbocycles. The third kappa shape index (κ3) is 2.56. The summed E-state index contributed by atoms with van der Waals surface area (Å²) < 4.78 is 0. The fourth-order valence-corrected chi connectivity index (χ4v) is 2.37. The molecule has 0 amide bonds. The van der Waals surface area contributed by atoms with Crippen LogP contribution in [0.4, 0.5) is 5.69 Å². The first kappa shape index (κ1) is 11.5. The van der Waals surface area contributed by atoms with Gasteiger partial charge in [-0.25, -0.2) is 0 Å². The second-order valence-electron chi connectivity index (χ2n) is 4.67. The van der Waals surface area contributed by atoms with E-state index in [9.17, 15) is 0 Å². The Balaban J connectivity index is 2.02. The fraction of sp³-hybridized carbons (Fsp3) is 0.571. The van der Waals surface area contributed by atoms with Crippen molar-refractivity contribution >= 4 is 5.69 Å². The highest BCUT2D eigenvalue weighted by Crippen LogP contribution is 2.19. The highest BCUT2D eigenvalue weighted by molar-refractivity contribution is 5.48. The van der Waals surface area contributed by atoms with E-state index in [4.69, 9.17) is 0 Å². The van der Waals surface area contributed by atoms with Gasteiger partial charge < -0.3 is 10.2 Å². The summed E-state index contributed by atoms with van der Waals surface area (Å²) in [6.45, 7) is 4.50. The Labute approximate surface area is 98.7 Å². The van der Waals surface area contributed by atoms with Crippen LogP contribution < -0.4 is 10.2 Å². The van der Waals surface area contributed by atoms with Crippen LogP contribution >= 0.6 is 0 Å². The predicted molar refractivity (Wildman–Crippen MR) is 70.1 cm³/mol. The van der Waals surface area contributed by atoms with Crippen LogP contribution in [0, 0.1) is 0 Å². The topological polar surface area (TPSA) is 15.3 Å². The molecule has 1 atom stereocenters. The molecule has 2 nitrogen and oxygen atoms in total. The molecule has 88 valence electrons. The Bertz CT molecular complexity index is 312. The van der Waals surface area contributed by atoms with Gasteiger partial charge in [0.25, 0.3) is 0 Å². The lowest BCUT2D eigenvalue weighted by molar-refractivity contribution is 0.685. The number of aryl methyl sites for hydroxylation is 1. The predicted octanol–water partition coefficient (Wildman–Crippen LogP) is 2.44. The number of anilines is 1. The van der Waals surface area contributed by atoms with E-state index < -0.39 is 0 Å². The van der Waals surface area contributed by atoms with E-state index in [2.05, 4.69) is 48.5 Å². The van der Waals surface area contributed by atoms with Crippen LogP contribution in [0.25, 0.3) is 0 Å². The molecule has 2 heteroatoms. The van der Waals surface area contributed by atoms with Crippen LogP contribution in [-0.4, -0.2) is 26.2 Å². The Morgan fingerprint density at radius 1 is 1.31 bits per heavy atom. The zero-order valence-electron chi connectivity index (χ0n) is 10.4. The van der Waals surface area contributed by atoms with Crippen molar-refractivity contribution in [2.75, 3.05) is 25.0 Å². The molecule has 1 heterocycles. The van der Waals surface area contributed by atoms with Crippen molar-refractivity contribution in [3.8, 4) is 0 Å². The Morgan fingerprint density at radius 3 is 2.62 bits per heavy atom. The van der Waals surface area contributed by atoms with Gasteiger partial charge in [0, 0.05) is 25.3 Å². The third-order valence-electron chi connectivity index (χ3n) is 3.46. The van der Waals surface area contributed by atoms with Crippen LogP contribution in [0.1, 0.15) is 25.3 Å². The Kier molecular flexibility index (Phi) is 3.83. The van der Waals surface area contributed by atoms with E-state index in [0.717, 1.165) is 13.1 Å². The van der Waals surface area contributed by atoms with Crippen LogP contribution in [0.2, 0.25) is 0 Å². The molecule has 1 unspecified atom stereocenters. The quantitative estimate of drug-likeness (QED) is 0.835. The Morgan fingerprint density at radius 2 is 2.06 bits per heavy atom. The van der Waals surface area contributed by atoms with Crippen molar-refractivity contribution in [1.82, 2.24) is 5.32 Å². The van der Waals surface area contributed by atoms with E-state index in [0.29, 0.717) is 6.04 Å². The molecule has 16 heavy (non-hydrogen) atoms. The lowest BCUT2D eigenvalue weighted by Crippen LogP contribution is -2.33. The van der Waals surface area contributed by atoms with Crippen LogP contribution in [0.5, 0.6) is 0 Å². The molecule has 1 aliphatic rings. The van der Waals surface area contributed by atoms with Gasteiger partial charge in [0.05, 0.1) is 0 Å². The molecule has 1 aromatic carbocycles. The monoisotopic (exact) mass is 218 g/mol. The maximum atomic E-state index is 3.41. The molecule has 0 aromatic heterocycles. The SMILES string of the molecule is CCCc1ccc(N(C)C2CCNC2)cc1. The zero-order valence-corrected chi connectivity index (χ0v) is 10.4. The summed E-state index contributed by atoms with van der Waals surface area (Å²) in [7, 11) is 2.20.